The minimum absolute atomic E-state index is 0.0139. The Hall–Kier alpha value is -2.29. The molecule has 9 heteroatoms. The molecule has 3 heterocycles. The molecule has 1 atom stereocenters. The van der Waals surface area contributed by atoms with Crippen molar-refractivity contribution in [3.05, 3.63) is 18.1 Å². The van der Waals surface area contributed by atoms with Gasteiger partial charge in [0.2, 0.25) is 11.8 Å². The molecule has 3 rings (SSSR count). The van der Waals surface area contributed by atoms with Gasteiger partial charge in [-0.3, -0.25) is 9.59 Å². The van der Waals surface area contributed by atoms with Crippen LogP contribution in [0.2, 0.25) is 0 Å². The van der Waals surface area contributed by atoms with Crippen molar-refractivity contribution in [2.75, 3.05) is 18.8 Å². The van der Waals surface area contributed by atoms with Crippen molar-refractivity contribution < 1.29 is 14.0 Å². The highest BCUT2D eigenvalue weighted by atomic mass is 32.2. The predicted octanol–water partition coefficient (Wildman–Crippen LogP) is 1.20. The summed E-state index contributed by atoms with van der Waals surface area (Å²) in [6, 6.07) is 1.84. The SMILES string of the molecule is Cc1occc1-c1nnc(SCC(=O)N2CCCC(C(N)=O)C2)n1C. The van der Waals surface area contributed by atoms with Gasteiger partial charge >= 0.3 is 0 Å². The zero-order chi connectivity index (χ0) is 18.0. The molecular weight excluding hydrogens is 342 g/mol. The molecule has 0 aliphatic carbocycles. The second kappa shape index (κ2) is 7.30. The fraction of sp³-hybridized carbons (Fsp3) is 0.500. The Kier molecular flexibility index (Phi) is 5.12. The van der Waals surface area contributed by atoms with E-state index in [0.29, 0.717) is 24.1 Å². The molecule has 1 unspecified atom stereocenters. The summed E-state index contributed by atoms with van der Waals surface area (Å²) >= 11 is 1.33. The number of hydrogen-bond acceptors (Lipinski definition) is 6. The molecule has 0 radical (unpaired) electrons. The summed E-state index contributed by atoms with van der Waals surface area (Å²) in [6.07, 6.45) is 3.17. The molecule has 2 N–H and O–H groups in total. The molecule has 2 aromatic heterocycles. The van der Waals surface area contributed by atoms with Gasteiger partial charge in [0.15, 0.2) is 11.0 Å². The summed E-state index contributed by atoms with van der Waals surface area (Å²) in [5, 5.41) is 9.01. The number of nitrogens with two attached hydrogens (primary N) is 1. The molecule has 0 bridgehead atoms. The molecule has 0 saturated carbocycles. The summed E-state index contributed by atoms with van der Waals surface area (Å²) in [5.74, 6) is 1.13. The highest BCUT2D eigenvalue weighted by molar-refractivity contribution is 7.99. The van der Waals surface area contributed by atoms with Crippen LogP contribution < -0.4 is 5.73 Å². The zero-order valence-corrected chi connectivity index (χ0v) is 15.1. The van der Waals surface area contributed by atoms with Crippen LogP contribution in [0, 0.1) is 12.8 Å². The lowest BCUT2D eigenvalue weighted by Crippen LogP contribution is -2.44. The van der Waals surface area contributed by atoms with Gasteiger partial charge < -0.3 is 19.6 Å². The average Bonchev–Trinajstić information content (AvgIpc) is 3.18. The topological polar surface area (TPSA) is 107 Å². The Balaban J connectivity index is 1.62. The maximum absolute atomic E-state index is 12.4. The van der Waals surface area contributed by atoms with Gasteiger partial charge in [-0.2, -0.15) is 0 Å². The summed E-state index contributed by atoms with van der Waals surface area (Å²) in [6.45, 7) is 2.94. The van der Waals surface area contributed by atoms with Crippen LogP contribution in [0.4, 0.5) is 0 Å². The molecule has 0 spiro atoms. The van der Waals surface area contributed by atoms with Crippen LogP contribution in [0.5, 0.6) is 0 Å². The number of amides is 2. The van der Waals surface area contributed by atoms with Gasteiger partial charge in [0.05, 0.1) is 23.5 Å². The van der Waals surface area contributed by atoms with Gasteiger partial charge in [0, 0.05) is 20.1 Å². The molecule has 25 heavy (non-hydrogen) atoms. The van der Waals surface area contributed by atoms with Crippen molar-refractivity contribution in [2.24, 2.45) is 18.7 Å². The first kappa shape index (κ1) is 17.5. The molecule has 0 aromatic carbocycles. The number of carbonyl (C=O) groups is 2. The highest BCUT2D eigenvalue weighted by Crippen LogP contribution is 2.26. The van der Waals surface area contributed by atoms with Gasteiger partial charge in [0.25, 0.3) is 0 Å². The van der Waals surface area contributed by atoms with Crippen molar-refractivity contribution in [3.8, 4) is 11.4 Å². The lowest BCUT2D eigenvalue weighted by molar-refractivity contribution is -0.132. The first-order valence-corrected chi connectivity index (χ1v) is 9.09. The second-order valence-corrected chi connectivity index (χ2v) is 7.07. The van der Waals surface area contributed by atoms with Crippen molar-refractivity contribution >= 4 is 23.6 Å². The Bertz CT molecular complexity index is 785. The summed E-state index contributed by atoms with van der Waals surface area (Å²) in [5.41, 5.74) is 6.25. The van der Waals surface area contributed by atoms with E-state index in [9.17, 15) is 9.59 Å². The third-order valence-electron chi connectivity index (χ3n) is 4.44. The molecule has 1 saturated heterocycles. The van der Waals surface area contributed by atoms with E-state index in [2.05, 4.69) is 10.2 Å². The molecule has 2 amide bonds. The van der Waals surface area contributed by atoms with Crippen LogP contribution >= 0.6 is 11.8 Å². The lowest BCUT2D eigenvalue weighted by atomic mass is 9.97. The molecule has 1 aliphatic rings. The number of aryl methyl sites for hydroxylation is 1. The van der Waals surface area contributed by atoms with E-state index in [0.717, 1.165) is 24.2 Å². The third kappa shape index (κ3) is 3.71. The van der Waals surface area contributed by atoms with Crippen LogP contribution in [-0.4, -0.2) is 50.3 Å². The Morgan fingerprint density at radius 1 is 1.44 bits per heavy atom. The average molecular weight is 363 g/mol. The fourth-order valence-corrected chi connectivity index (χ4v) is 3.76. The van der Waals surface area contributed by atoms with E-state index in [-0.39, 0.29) is 23.5 Å². The van der Waals surface area contributed by atoms with Crippen molar-refractivity contribution in [3.63, 3.8) is 0 Å². The van der Waals surface area contributed by atoms with Crippen LogP contribution in [0.1, 0.15) is 18.6 Å². The zero-order valence-electron chi connectivity index (χ0n) is 14.3. The summed E-state index contributed by atoms with van der Waals surface area (Å²) in [4.78, 5) is 25.5. The van der Waals surface area contributed by atoms with Crippen LogP contribution in [0.15, 0.2) is 21.9 Å². The number of furan rings is 1. The first-order chi connectivity index (χ1) is 12.0. The molecule has 1 aliphatic heterocycles. The number of rotatable bonds is 5. The van der Waals surface area contributed by atoms with E-state index in [1.807, 2.05) is 24.6 Å². The van der Waals surface area contributed by atoms with Gasteiger partial charge in [-0.25, -0.2) is 0 Å². The maximum Gasteiger partial charge on any atom is 0.233 e. The Morgan fingerprint density at radius 2 is 2.24 bits per heavy atom. The minimum atomic E-state index is -0.335. The first-order valence-electron chi connectivity index (χ1n) is 8.11. The Morgan fingerprint density at radius 3 is 2.92 bits per heavy atom. The predicted molar refractivity (Wildman–Crippen MR) is 92.7 cm³/mol. The lowest BCUT2D eigenvalue weighted by Gasteiger charge is -2.31. The van der Waals surface area contributed by atoms with Crippen molar-refractivity contribution in [2.45, 2.75) is 24.9 Å². The number of likely N-dealkylation sites (tertiary alicyclic amines) is 1. The largest absolute Gasteiger partial charge is 0.469 e. The van der Waals surface area contributed by atoms with Crippen LogP contribution in [0.3, 0.4) is 0 Å². The van der Waals surface area contributed by atoms with Gasteiger partial charge in [-0.15, -0.1) is 10.2 Å². The van der Waals surface area contributed by atoms with E-state index < -0.39 is 0 Å². The second-order valence-electron chi connectivity index (χ2n) is 6.13. The smallest absolute Gasteiger partial charge is 0.233 e. The third-order valence-corrected chi connectivity index (χ3v) is 5.44. The quantitative estimate of drug-likeness (QED) is 0.800. The van der Waals surface area contributed by atoms with E-state index in [1.54, 1.807) is 11.2 Å². The minimum Gasteiger partial charge on any atom is -0.469 e. The number of nitrogens with zero attached hydrogens (tertiary/aromatic N) is 4. The molecular formula is C16H21N5O3S. The van der Waals surface area contributed by atoms with Crippen LogP contribution in [0.25, 0.3) is 11.4 Å². The number of carbonyl (C=O) groups excluding carboxylic acids is 2. The summed E-state index contributed by atoms with van der Waals surface area (Å²) in [7, 11) is 1.86. The van der Waals surface area contributed by atoms with Crippen molar-refractivity contribution in [1.29, 1.82) is 0 Å². The molecule has 2 aromatic rings. The van der Waals surface area contributed by atoms with Gasteiger partial charge in [-0.05, 0) is 25.8 Å². The fourth-order valence-electron chi connectivity index (χ4n) is 2.95. The monoisotopic (exact) mass is 363 g/mol. The highest BCUT2D eigenvalue weighted by Gasteiger charge is 2.27. The molecule has 134 valence electrons. The van der Waals surface area contributed by atoms with Crippen molar-refractivity contribution in [1.82, 2.24) is 19.7 Å². The summed E-state index contributed by atoms with van der Waals surface area (Å²) < 4.78 is 7.15. The van der Waals surface area contributed by atoms with Gasteiger partial charge in [-0.1, -0.05) is 11.8 Å². The normalized spacial score (nSPS) is 17.7. The van der Waals surface area contributed by atoms with E-state index in [4.69, 9.17) is 10.2 Å². The number of primary amides is 1. The maximum atomic E-state index is 12.4. The number of piperidine rings is 1. The molecule has 8 nitrogen and oxygen atoms in total. The number of aromatic nitrogens is 3. The number of thioether (sulfide) groups is 1. The standard InChI is InChI=1S/C16H21N5O3S/c1-10-12(5-7-24-10)15-18-19-16(20(15)2)25-9-13(22)21-6-3-4-11(8-21)14(17)23/h5,7,11H,3-4,6,8-9H2,1-2H3,(H2,17,23). The number of hydrogen-bond donors (Lipinski definition) is 1. The van der Waals surface area contributed by atoms with E-state index >= 15 is 0 Å². The van der Waals surface area contributed by atoms with E-state index in [1.165, 1.54) is 11.8 Å². The molecule has 1 fully saturated rings. The Labute approximate surface area is 149 Å². The van der Waals surface area contributed by atoms with Gasteiger partial charge in [0.1, 0.15) is 5.76 Å². The van der Waals surface area contributed by atoms with Crippen LogP contribution in [-0.2, 0) is 16.6 Å².